The number of amides is 2. The second kappa shape index (κ2) is 5.35. The number of urea groups is 1. The van der Waals surface area contributed by atoms with Gasteiger partial charge >= 0.3 is 6.03 Å². The number of hydrogen-bond acceptors (Lipinski definition) is 2. The molecule has 1 aliphatic carbocycles. The topological polar surface area (TPSA) is 44.4 Å². The minimum absolute atomic E-state index is 0.0129. The molecule has 0 atom stereocenters. The Bertz CT molecular complexity index is 210. The average molecular weight is 211 g/mol. The lowest BCUT2D eigenvalue weighted by molar-refractivity contribution is 0.226. The van der Waals surface area contributed by atoms with Gasteiger partial charge in [-0.3, -0.25) is 0 Å². The third-order valence-electron chi connectivity index (χ3n) is 3.35. The Labute approximate surface area is 91.4 Å². The van der Waals surface area contributed by atoms with Crippen molar-refractivity contribution in [2.45, 2.75) is 38.1 Å². The van der Waals surface area contributed by atoms with Crippen molar-refractivity contribution in [1.29, 1.82) is 0 Å². The van der Waals surface area contributed by atoms with Crippen LogP contribution in [0.4, 0.5) is 4.79 Å². The first-order valence-corrected chi connectivity index (χ1v) is 6.11. The molecule has 2 N–H and O–H groups in total. The van der Waals surface area contributed by atoms with Crippen LogP contribution in [0.3, 0.4) is 0 Å². The summed E-state index contributed by atoms with van der Waals surface area (Å²) in [6.07, 6.45) is 6.19. The summed E-state index contributed by atoms with van der Waals surface area (Å²) >= 11 is 0. The molecular formula is C11H21N3O. The molecule has 2 fully saturated rings. The van der Waals surface area contributed by atoms with Crippen LogP contribution in [0.5, 0.6) is 0 Å². The van der Waals surface area contributed by atoms with Gasteiger partial charge < -0.3 is 15.5 Å². The zero-order chi connectivity index (χ0) is 10.5. The summed E-state index contributed by atoms with van der Waals surface area (Å²) in [5.41, 5.74) is 0. The largest absolute Gasteiger partial charge is 0.337 e. The summed E-state index contributed by atoms with van der Waals surface area (Å²) in [7, 11) is 0. The Kier molecular flexibility index (Phi) is 3.83. The summed E-state index contributed by atoms with van der Waals surface area (Å²) in [6, 6.07) is 0.454. The van der Waals surface area contributed by atoms with E-state index < -0.39 is 0 Å². The van der Waals surface area contributed by atoms with E-state index >= 15 is 0 Å². The highest BCUT2D eigenvalue weighted by atomic mass is 16.2. The van der Waals surface area contributed by atoms with Crippen molar-refractivity contribution in [1.82, 2.24) is 15.5 Å². The van der Waals surface area contributed by atoms with E-state index in [4.69, 9.17) is 0 Å². The maximum Gasteiger partial charge on any atom is 0.315 e. The van der Waals surface area contributed by atoms with Crippen molar-refractivity contribution in [2.75, 3.05) is 26.2 Å². The van der Waals surface area contributed by atoms with Gasteiger partial charge in [0.2, 0.25) is 0 Å². The van der Waals surface area contributed by atoms with Gasteiger partial charge in [0, 0.05) is 19.1 Å². The normalized spacial score (nSPS) is 22.4. The molecule has 0 bridgehead atoms. The van der Waals surface area contributed by atoms with Gasteiger partial charge in [0.1, 0.15) is 0 Å². The monoisotopic (exact) mass is 211 g/mol. The van der Waals surface area contributed by atoms with Gasteiger partial charge in [-0.15, -0.1) is 0 Å². The smallest absolute Gasteiger partial charge is 0.315 e. The van der Waals surface area contributed by atoms with Gasteiger partial charge in [0.05, 0.1) is 0 Å². The highest BCUT2D eigenvalue weighted by Gasteiger charge is 2.19. The Morgan fingerprint density at radius 1 is 1.20 bits per heavy atom. The van der Waals surface area contributed by atoms with Crippen molar-refractivity contribution in [3.05, 3.63) is 0 Å². The maximum absolute atomic E-state index is 11.4. The molecule has 4 nitrogen and oxygen atoms in total. The Morgan fingerprint density at radius 3 is 2.53 bits per heavy atom. The molecule has 0 unspecified atom stereocenters. The van der Waals surface area contributed by atoms with E-state index in [-0.39, 0.29) is 6.03 Å². The summed E-state index contributed by atoms with van der Waals surface area (Å²) < 4.78 is 0. The van der Waals surface area contributed by atoms with E-state index in [9.17, 15) is 4.79 Å². The van der Waals surface area contributed by atoms with E-state index in [1.165, 1.54) is 32.4 Å². The van der Waals surface area contributed by atoms with Crippen molar-refractivity contribution in [2.24, 2.45) is 0 Å². The molecule has 15 heavy (non-hydrogen) atoms. The van der Waals surface area contributed by atoms with E-state index in [0.717, 1.165) is 25.9 Å². The van der Waals surface area contributed by atoms with Gasteiger partial charge in [-0.05, 0) is 45.2 Å². The van der Waals surface area contributed by atoms with E-state index in [1.807, 2.05) is 0 Å². The van der Waals surface area contributed by atoms with Gasteiger partial charge in [-0.2, -0.15) is 0 Å². The number of likely N-dealkylation sites (tertiary alicyclic amines) is 1. The van der Waals surface area contributed by atoms with Crippen LogP contribution in [-0.2, 0) is 0 Å². The number of nitrogens with one attached hydrogen (secondary N) is 2. The molecule has 1 saturated heterocycles. The van der Waals surface area contributed by atoms with Gasteiger partial charge in [-0.25, -0.2) is 4.79 Å². The molecule has 0 radical (unpaired) electrons. The minimum Gasteiger partial charge on any atom is -0.337 e. The van der Waals surface area contributed by atoms with Crippen LogP contribution in [0.15, 0.2) is 0 Å². The molecule has 86 valence electrons. The minimum atomic E-state index is 0.0129. The fourth-order valence-corrected chi connectivity index (χ4v) is 2.12. The standard InChI is InChI=1S/C11H21N3O/c15-11(13-10-4-3-5-10)12-6-9-14-7-1-2-8-14/h10H,1-9H2,(H2,12,13,15). The van der Waals surface area contributed by atoms with Crippen LogP contribution < -0.4 is 10.6 Å². The van der Waals surface area contributed by atoms with Gasteiger partial charge in [0.15, 0.2) is 0 Å². The average Bonchev–Trinajstić information content (AvgIpc) is 2.64. The van der Waals surface area contributed by atoms with Crippen molar-refractivity contribution in [3.8, 4) is 0 Å². The van der Waals surface area contributed by atoms with Crippen LogP contribution in [0.1, 0.15) is 32.1 Å². The van der Waals surface area contributed by atoms with Crippen molar-refractivity contribution in [3.63, 3.8) is 0 Å². The SMILES string of the molecule is O=C(NCCN1CCCC1)NC1CCC1. The predicted octanol–water partition coefficient (Wildman–Crippen LogP) is 0.934. The fourth-order valence-electron chi connectivity index (χ4n) is 2.12. The molecule has 2 amide bonds. The summed E-state index contributed by atoms with van der Waals surface area (Å²) in [5, 5.41) is 5.89. The second-order valence-electron chi connectivity index (χ2n) is 4.58. The van der Waals surface area contributed by atoms with Crippen LogP contribution in [0.2, 0.25) is 0 Å². The predicted molar refractivity (Wildman–Crippen MR) is 59.8 cm³/mol. The summed E-state index contributed by atoms with van der Waals surface area (Å²) in [5.74, 6) is 0. The van der Waals surface area contributed by atoms with Crippen LogP contribution in [0, 0.1) is 0 Å². The third-order valence-corrected chi connectivity index (χ3v) is 3.35. The number of carbonyl (C=O) groups excluding carboxylic acids is 1. The van der Waals surface area contributed by atoms with Crippen molar-refractivity contribution >= 4 is 6.03 Å². The molecule has 2 rings (SSSR count). The van der Waals surface area contributed by atoms with Crippen molar-refractivity contribution < 1.29 is 4.79 Å². The zero-order valence-electron chi connectivity index (χ0n) is 9.30. The second-order valence-corrected chi connectivity index (χ2v) is 4.58. The van der Waals surface area contributed by atoms with Gasteiger partial charge in [-0.1, -0.05) is 0 Å². The van der Waals surface area contributed by atoms with Crippen LogP contribution in [0.25, 0.3) is 0 Å². The molecule has 0 aromatic heterocycles. The fraction of sp³-hybridized carbons (Fsp3) is 0.909. The highest BCUT2D eigenvalue weighted by Crippen LogP contribution is 2.17. The third kappa shape index (κ3) is 3.38. The Morgan fingerprint density at radius 2 is 1.93 bits per heavy atom. The number of rotatable bonds is 4. The molecule has 1 aliphatic heterocycles. The molecule has 1 saturated carbocycles. The van der Waals surface area contributed by atoms with E-state index in [1.54, 1.807) is 0 Å². The Hall–Kier alpha value is -0.770. The van der Waals surface area contributed by atoms with Crippen LogP contribution >= 0.6 is 0 Å². The lowest BCUT2D eigenvalue weighted by Crippen LogP contribution is -2.46. The summed E-state index contributed by atoms with van der Waals surface area (Å²) in [6.45, 7) is 4.18. The zero-order valence-corrected chi connectivity index (χ0v) is 9.30. The first kappa shape index (κ1) is 10.7. The molecule has 0 spiro atoms. The van der Waals surface area contributed by atoms with E-state index in [2.05, 4.69) is 15.5 Å². The number of nitrogens with zero attached hydrogens (tertiary/aromatic N) is 1. The Balaban J connectivity index is 1.50. The molecule has 0 aromatic carbocycles. The van der Waals surface area contributed by atoms with Gasteiger partial charge in [0.25, 0.3) is 0 Å². The molecule has 4 heteroatoms. The maximum atomic E-state index is 11.4. The lowest BCUT2D eigenvalue weighted by atomic mass is 9.93. The lowest BCUT2D eigenvalue weighted by Gasteiger charge is -2.26. The quantitative estimate of drug-likeness (QED) is 0.726. The van der Waals surface area contributed by atoms with Crippen LogP contribution in [-0.4, -0.2) is 43.2 Å². The molecule has 1 heterocycles. The first-order chi connectivity index (χ1) is 7.34. The molecule has 0 aromatic rings. The van der Waals surface area contributed by atoms with E-state index in [0.29, 0.717) is 6.04 Å². The number of hydrogen-bond donors (Lipinski definition) is 2. The molecule has 2 aliphatic rings. The first-order valence-electron chi connectivity index (χ1n) is 6.11. The molecular weight excluding hydrogens is 190 g/mol. The number of carbonyl (C=O) groups is 1. The summed E-state index contributed by atoms with van der Waals surface area (Å²) in [4.78, 5) is 13.8. The highest BCUT2D eigenvalue weighted by molar-refractivity contribution is 5.74.